The number of halogens is 5. The van der Waals surface area contributed by atoms with Gasteiger partial charge >= 0.3 is 24.2 Å². The molecule has 16 heteroatoms. The average molecular weight is 798 g/mol. The van der Waals surface area contributed by atoms with Crippen molar-refractivity contribution in [1.29, 1.82) is 0 Å². The maximum absolute atomic E-state index is 13.8. The number of anilines is 1. The largest absolute Gasteiger partial charge is 0.478 e. The summed E-state index contributed by atoms with van der Waals surface area (Å²) < 4.78 is 71.2. The number of carboxylic acids is 1. The zero-order valence-electron chi connectivity index (χ0n) is 31.8. The second-order valence-electron chi connectivity index (χ2n) is 15.4. The molecule has 0 aliphatic heterocycles. The molecule has 1 fully saturated rings. The molecule has 3 aromatic carbocycles. The summed E-state index contributed by atoms with van der Waals surface area (Å²) in [6.07, 6.45) is -3.60. The SMILES string of the molecule is Cc1cc(C(=O)O)ccc1-c1ccc(CC(CC(=O)C2CCC(CNC(=O)OC(C)(C)C)CC2)C(=O)Nc2ccc(-c3n[nH]c(C(F)(F)C(F)(F)F)n3)cc2)cc1. The third kappa shape index (κ3) is 11.0. The summed E-state index contributed by atoms with van der Waals surface area (Å²) in [5.41, 5.74) is 3.17. The second-order valence-corrected chi connectivity index (χ2v) is 15.4. The Morgan fingerprint density at radius 3 is 2.11 bits per heavy atom. The highest BCUT2D eigenvalue weighted by molar-refractivity contribution is 5.96. The van der Waals surface area contributed by atoms with E-state index >= 15 is 0 Å². The van der Waals surface area contributed by atoms with Crippen LogP contribution in [0.15, 0.2) is 66.7 Å². The normalized spacial score (nSPS) is 16.7. The van der Waals surface area contributed by atoms with Gasteiger partial charge in [-0.2, -0.15) is 27.1 Å². The van der Waals surface area contributed by atoms with Crippen LogP contribution in [0.4, 0.5) is 32.4 Å². The number of aromatic carboxylic acids is 1. The molecule has 11 nitrogen and oxygen atoms in total. The van der Waals surface area contributed by atoms with E-state index in [0.29, 0.717) is 32.2 Å². The molecular formula is C41H44F5N5O6. The number of alkyl halides is 5. The van der Waals surface area contributed by atoms with Gasteiger partial charge in [-0.05, 0) is 124 Å². The fourth-order valence-corrected chi connectivity index (χ4v) is 6.74. The number of amides is 2. The second kappa shape index (κ2) is 17.2. The van der Waals surface area contributed by atoms with Gasteiger partial charge in [0.2, 0.25) is 11.7 Å². The van der Waals surface area contributed by atoms with Gasteiger partial charge in [0.25, 0.3) is 0 Å². The van der Waals surface area contributed by atoms with Gasteiger partial charge in [0.1, 0.15) is 11.4 Å². The summed E-state index contributed by atoms with van der Waals surface area (Å²) in [7, 11) is 0. The van der Waals surface area contributed by atoms with E-state index in [9.17, 15) is 46.2 Å². The van der Waals surface area contributed by atoms with Gasteiger partial charge in [-0.1, -0.05) is 30.3 Å². The fourth-order valence-electron chi connectivity index (χ4n) is 6.74. The number of nitrogens with one attached hydrogen (secondary N) is 3. The predicted octanol–water partition coefficient (Wildman–Crippen LogP) is 8.89. The number of carbonyl (C=O) groups is 4. The number of hydrogen-bond donors (Lipinski definition) is 4. The maximum atomic E-state index is 13.8. The van der Waals surface area contributed by atoms with Crippen molar-refractivity contribution in [2.24, 2.45) is 17.8 Å². The van der Waals surface area contributed by atoms with E-state index in [0.717, 1.165) is 22.3 Å². The molecule has 0 saturated heterocycles. The number of aryl methyl sites for hydroxylation is 1. The van der Waals surface area contributed by atoms with Crippen LogP contribution in [-0.2, 0) is 26.7 Å². The number of nitrogens with zero attached hydrogens (tertiary/aromatic N) is 2. The van der Waals surface area contributed by atoms with Crippen LogP contribution in [0.25, 0.3) is 22.5 Å². The fraction of sp³-hybridized carbons (Fsp3) is 0.415. The van der Waals surface area contributed by atoms with E-state index in [4.69, 9.17) is 4.74 Å². The Hall–Kier alpha value is -5.67. The standard InChI is InChI=1S/C41H44F5N5O6/c1-23-19-29(36(54)55)15-18-32(23)26-9-5-24(6-10-26)20-30(21-33(52)27-11-7-25(8-12-27)22-47-38(56)57-39(2,3)4)35(53)48-31-16-13-28(14-17-31)34-49-37(51-50-34)40(42,43)41(44,45)46/h5-6,9-10,13-19,25,27,30H,7-8,11-12,20-22H2,1-4H3,(H,47,56)(H,48,53)(H,54,55)(H,49,50,51). The zero-order valence-corrected chi connectivity index (χ0v) is 31.8. The van der Waals surface area contributed by atoms with Gasteiger partial charge in [0.15, 0.2) is 5.82 Å². The number of rotatable bonds is 13. The first-order valence-electron chi connectivity index (χ1n) is 18.4. The Bertz CT molecular complexity index is 2070. The molecule has 1 heterocycles. The third-order valence-electron chi connectivity index (χ3n) is 9.82. The summed E-state index contributed by atoms with van der Waals surface area (Å²) in [4.78, 5) is 54.4. The summed E-state index contributed by atoms with van der Waals surface area (Å²) >= 11 is 0. The predicted molar refractivity (Wildman–Crippen MR) is 200 cm³/mol. The number of carboxylic acid groups (broad SMARTS) is 1. The molecule has 1 saturated carbocycles. The Labute approximate surface area is 325 Å². The Balaban J connectivity index is 1.28. The number of H-pyrrole nitrogens is 1. The molecule has 5 rings (SSSR count). The van der Waals surface area contributed by atoms with Crippen molar-refractivity contribution in [3.8, 4) is 22.5 Å². The van der Waals surface area contributed by atoms with Gasteiger partial charge in [-0.3, -0.25) is 14.7 Å². The third-order valence-corrected chi connectivity index (χ3v) is 9.82. The van der Waals surface area contributed by atoms with Crippen molar-refractivity contribution >= 4 is 29.4 Å². The molecule has 1 aliphatic carbocycles. The topological polar surface area (TPSA) is 163 Å². The minimum Gasteiger partial charge on any atom is -0.478 e. The Kier molecular flexibility index (Phi) is 12.8. The lowest BCUT2D eigenvalue weighted by atomic mass is 9.77. The number of Topliss-reactive ketones (excluding diaryl/α,β-unsaturated/α-hetero) is 1. The first-order chi connectivity index (χ1) is 26.7. The number of ketones is 1. The van der Waals surface area contributed by atoms with Crippen molar-refractivity contribution in [1.82, 2.24) is 20.5 Å². The van der Waals surface area contributed by atoms with Crippen molar-refractivity contribution in [2.45, 2.75) is 83.9 Å². The minimum atomic E-state index is -5.87. The van der Waals surface area contributed by atoms with Crippen LogP contribution in [0.1, 0.15) is 80.2 Å². The van der Waals surface area contributed by atoms with Crippen LogP contribution in [0.5, 0.6) is 0 Å². The van der Waals surface area contributed by atoms with Crippen molar-refractivity contribution in [3.05, 3.63) is 89.2 Å². The molecule has 4 N–H and O–H groups in total. The highest BCUT2D eigenvalue weighted by atomic mass is 19.4. The lowest BCUT2D eigenvalue weighted by Crippen LogP contribution is -2.37. The van der Waals surface area contributed by atoms with E-state index in [1.807, 2.05) is 31.2 Å². The lowest BCUT2D eigenvalue weighted by Gasteiger charge is -2.29. The molecule has 1 aromatic heterocycles. The number of hydrogen-bond acceptors (Lipinski definition) is 7. The van der Waals surface area contributed by atoms with Gasteiger partial charge in [-0.25, -0.2) is 14.6 Å². The van der Waals surface area contributed by atoms with Gasteiger partial charge in [0, 0.05) is 36.1 Å². The van der Waals surface area contributed by atoms with Gasteiger partial charge in [-0.15, -0.1) is 0 Å². The number of aromatic amines is 1. The summed E-state index contributed by atoms with van der Waals surface area (Å²) in [5, 5.41) is 20.1. The minimum absolute atomic E-state index is 0.0553. The molecule has 1 atom stereocenters. The van der Waals surface area contributed by atoms with E-state index in [1.54, 1.807) is 38.0 Å². The van der Waals surface area contributed by atoms with Gasteiger partial charge in [0.05, 0.1) is 5.56 Å². The highest BCUT2D eigenvalue weighted by Gasteiger charge is 2.61. The molecule has 0 radical (unpaired) electrons. The maximum Gasteiger partial charge on any atom is 0.461 e. The van der Waals surface area contributed by atoms with E-state index < -0.39 is 53.2 Å². The number of carbonyl (C=O) groups excluding carboxylic acids is 3. The summed E-state index contributed by atoms with van der Waals surface area (Å²) in [6.45, 7) is 7.58. The molecule has 57 heavy (non-hydrogen) atoms. The summed E-state index contributed by atoms with van der Waals surface area (Å²) in [6, 6.07) is 17.8. The monoisotopic (exact) mass is 797 g/mol. The zero-order chi connectivity index (χ0) is 41.7. The highest BCUT2D eigenvalue weighted by Crippen LogP contribution is 2.42. The Morgan fingerprint density at radius 2 is 1.53 bits per heavy atom. The van der Waals surface area contributed by atoms with E-state index in [2.05, 4.69) is 20.7 Å². The summed E-state index contributed by atoms with van der Waals surface area (Å²) in [5.74, 6) is -9.73. The molecule has 1 unspecified atom stereocenters. The van der Waals surface area contributed by atoms with Crippen LogP contribution < -0.4 is 10.6 Å². The quantitative estimate of drug-likeness (QED) is 0.0975. The van der Waals surface area contributed by atoms with E-state index in [1.165, 1.54) is 30.3 Å². The first-order valence-corrected chi connectivity index (χ1v) is 18.4. The number of benzene rings is 3. The van der Waals surface area contributed by atoms with Crippen LogP contribution in [0.3, 0.4) is 0 Å². The molecule has 0 spiro atoms. The van der Waals surface area contributed by atoms with Crippen LogP contribution in [0.2, 0.25) is 0 Å². The smallest absolute Gasteiger partial charge is 0.461 e. The Morgan fingerprint density at radius 1 is 0.895 bits per heavy atom. The lowest BCUT2D eigenvalue weighted by molar-refractivity contribution is -0.292. The molecular weight excluding hydrogens is 753 g/mol. The molecule has 2 amide bonds. The molecule has 1 aliphatic rings. The van der Waals surface area contributed by atoms with Gasteiger partial charge < -0.3 is 20.5 Å². The molecule has 4 aromatic rings. The number of aromatic nitrogens is 3. The molecule has 304 valence electrons. The molecule has 0 bridgehead atoms. The number of alkyl carbamates (subject to hydrolysis) is 1. The number of ether oxygens (including phenoxy) is 1. The van der Waals surface area contributed by atoms with Crippen LogP contribution in [0, 0.1) is 24.7 Å². The van der Waals surface area contributed by atoms with Crippen LogP contribution >= 0.6 is 0 Å². The van der Waals surface area contributed by atoms with Crippen LogP contribution in [-0.4, -0.2) is 62.4 Å². The van der Waals surface area contributed by atoms with E-state index in [-0.39, 0.29) is 47.3 Å². The van der Waals surface area contributed by atoms with Crippen molar-refractivity contribution < 1.29 is 51.0 Å². The van der Waals surface area contributed by atoms with Crippen molar-refractivity contribution in [2.75, 3.05) is 11.9 Å². The van der Waals surface area contributed by atoms with Crippen molar-refractivity contribution in [3.63, 3.8) is 0 Å². The first kappa shape index (κ1) is 42.5. The average Bonchev–Trinajstić information content (AvgIpc) is 3.65.